The van der Waals surface area contributed by atoms with Gasteiger partial charge < -0.3 is 9.15 Å². The molecule has 0 radical (unpaired) electrons. The smallest absolute Gasteiger partial charge is 0.420 e. The van der Waals surface area contributed by atoms with Crippen molar-refractivity contribution in [1.82, 2.24) is 4.57 Å². The molecule has 3 rings (SSSR count). The molecular weight excluding hydrogens is 230 g/mol. The van der Waals surface area contributed by atoms with Crippen LogP contribution in [0, 0.1) is 6.92 Å². The fraction of sp³-hybridized carbons (Fsp3) is 0.214. The standard InChI is InChI=1S/C14H13NO3/c1-3-17-14(16)15-8-9(2)12-10-6-4-5-7-11(10)18-13(12)15/h4-8H,3H2,1-2H3. The lowest BCUT2D eigenvalue weighted by atomic mass is 10.1. The molecule has 0 atom stereocenters. The topological polar surface area (TPSA) is 44.4 Å². The van der Waals surface area contributed by atoms with Gasteiger partial charge >= 0.3 is 6.09 Å². The van der Waals surface area contributed by atoms with Crippen molar-refractivity contribution in [3.63, 3.8) is 0 Å². The number of rotatable bonds is 1. The van der Waals surface area contributed by atoms with E-state index in [-0.39, 0.29) is 0 Å². The van der Waals surface area contributed by atoms with Crippen molar-refractivity contribution in [2.24, 2.45) is 0 Å². The highest BCUT2D eigenvalue weighted by molar-refractivity contribution is 6.07. The van der Waals surface area contributed by atoms with E-state index in [9.17, 15) is 4.79 Å². The summed E-state index contributed by atoms with van der Waals surface area (Å²) in [4.78, 5) is 11.8. The summed E-state index contributed by atoms with van der Waals surface area (Å²) >= 11 is 0. The Morgan fingerprint density at radius 3 is 2.94 bits per heavy atom. The number of aromatic nitrogens is 1. The molecule has 0 aliphatic carbocycles. The van der Waals surface area contributed by atoms with Crippen LogP contribution < -0.4 is 0 Å². The maximum Gasteiger partial charge on any atom is 0.420 e. The first-order chi connectivity index (χ1) is 8.72. The third-order valence-corrected chi connectivity index (χ3v) is 2.98. The van der Waals surface area contributed by atoms with Crippen molar-refractivity contribution in [1.29, 1.82) is 0 Å². The first-order valence-corrected chi connectivity index (χ1v) is 5.88. The SMILES string of the molecule is CCOC(=O)n1cc(C)c2c3ccccc3oc21. The Labute approximate surface area is 104 Å². The number of nitrogens with zero attached hydrogens (tertiary/aromatic N) is 1. The Balaban J connectivity index is 2.32. The Morgan fingerprint density at radius 2 is 2.17 bits per heavy atom. The second kappa shape index (κ2) is 3.91. The second-order valence-corrected chi connectivity index (χ2v) is 4.16. The minimum atomic E-state index is -0.408. The summed E-state index contributed by atoms with van der Waals surface area (Å²) in [6.45, 7) is 4.09. The lowest BCUT2D eigenvalue weighted by molar-refractivity contribution is 0.154. The summed E-state index contributed by atoms with van der Waals surface area (Å²) in [6.07, 6.45) is 1.34. The van der Waals surface area contributed by atoms with Crippen LogP contribution in [0.1, 0.15) is 12.5 Å². The summed E-state index contributed by atoms with van der Waals surface area (Å²) < 4.78 is 12.2. The Hall–Kier alpha value is -2.23. The van der Waals surface area contributed by atoms with Gasteiger partial charge in [0, 0.05) is 11.6 Å². The van der Waals surface area contributed by atoms with E-state index < -0.39 is 6.09 Å². The molecule has 3 aromatic rings. The number of hydrogen-bond donors (Lipinski definition) is 0. The molecule has 0 amide bonds. The number of carbonyl (C=O) groups is 1. The molecule has 0 spiro atoms. The summed E-state index contributed by atoms with van der Waals surface area (Å²) in [5.41, 5.74) is 2.33. The molecule has 0 aliphatic heterocycles. The van der Waals surface area contributed by atoms with Crippen LogP contribution >= 0.6 is 0 Å². The number of aryl methyl sites for hydroxylation is 1. The molecule has 4 nitrogen and oxygen atoms in total. The van der Waals surface area contributed by atoms with Gasteiger partial charge in [-0.25, -0.2) is 9.36 Å². The minimum absolute atomic E-state index is 0.345. The van der Waals surface area contributed by atoms with E-state index in [1.165, 1.54) is 4.57 Å². The molecule has 0 unspecified atom stereocenters. The van der Waals surface area contributed by atoms with Crippen LogP contribution in [-0.2, 0) is 4.74 Å². The largest absolute Gasteiger partial charge is 0.449 e. The van der Waals surface area contributed by atoms with Gasteiger partial charge in [0.15, 0.2) is 0 Å². The molecule has 0 aliphatic rings. The number of ether oxygens (including phenoxy) is 1. The Kier molecular flexibility index (Phi) is 2.37. The number of benzene rings is 1. The lowest BCUT2D eigenvalue weighted by Gasteiger charge is -2.01. The highest BCUT2D eigenvalue weighted by Gasteiger charge is 2.18. The number of fused-ring (bicyclic) bond motifs is 3. The van der Waals surface area contributed by atoms with Crippen LogP contribution in [0.5, 0.6) is 0 Å². The van der Waals surface area contributed by atoms with Gasteiger partial charge in [0.1, 0.15) is 5.58 Å². The maximum atomic E-state index is 11.8. The van der Waals surface area contributed by atoms with E-state index in [1.54, 1.807) is 13.1 Å². The molecule has 2 heterocycles. The number of carbonyl (C=O) groups excluding carboxylic acids is 1. The molecule has 0 N–H and O–H groups in total. The lowest BCUT2D eigenvalue weighted by Crippen LogP contribution is -2.11. The van der Waals surface area contributed by atoms with E-state index in [0.717, 1.165) is 21.9 Å². The van der Waals surface area contributed by atoms with Crippen molar-refractivity contribution < 1.29 is 13.9 Å². The molecule has 4 heteroatoms. The van der Waals surface area contributed by atoms with E-state index >= 15 is 0 Å². The molecule has 92 valence electrons. The summed E-state index contributed by atoms with van der Waals surface area (Å²) in [7, 11) is 0. The van der Waals surface area contributed by atoms with Crippen LogP contribution in [-0.4, -0.2) is 17.3 Å². The quantitative estimate of drug-likeness (QED) is 0.654. The molecule has 1 aromatic carbocycles. The number of para-hydroxylation sites is 1. The predicted molar refractivity (Wildman–Crippen MR) is 68.9 cm³/mol. The van der Waals surface area contributed by atoms with Gasteiger partial charge in [0.2, 0.25) is 5.71 Å². The molecule has 2 aromatic heterocycles. The number of hydrogen-bond acceptors (Lipinski definition) is 3. The molecule has 18 heavy (non-hydrogen) atoms. The third-order valence-electron chi connectivity index (χ3n) is 2.98. The zero-order valence-electron chi connectivity index (χ0n) is 10.3. The van der Waals surface area contributed by atoms with Crippen LogP contribution in [0.4, 0.5) is 4.79 Å². The fourth-order valence-corrected chi connectivity index (χ4v) is 2.23. The molecular formula is C14H13NO3. The van der Waals surface area contributed by atoms with Crippen LogP contribution in [0.15, 0.2) is 34.9 Å². The highest BCUT2D eigenvalue weighted by atomic mass is 16.5. The average Bonchev–Trinajstić information content (AvgIpc) is 2.88. The summed E-state index contributed by atoms with van der Waals surface area (Å²) in [5, 5.41) is 1.99. The monoisotopic (exact) mass is 243 g/mol. The van der Waals surface area contributed by atoms with Gasteiger partial charge in [-0.15, -0.1) is 0 Å². The molecule has 0 bridgehead atoms. The van der Waals surface area contributed by atoms with Crippen molar-refractivity contribution in [3.8, 4) is 0 Å². The fourth-order valence-electron chi connectivity index (χ4n) is 2.23. The van der Waals surface area contributed by atoms with Gasteiger partial charge in [0.05, 0.1) is 12.0 Å². The van der Waals surface area contributed by atoms with Gasteiger partial charge in [-0.1, -0.05) is 18.2 Å². The predicted octanol–water partition coefficient (Wildman–Crippen LogP) is 3.70. The van der Waals surface area contributed by atoms with Gasteiger partial charge in [-0.05, 0) is 25.5 Å². The maximum absolute atomic E-state index is 11.8. The summed E-state index contributed by atoms with van der Waals surface area (Å²) in [5.74, 6) is 0. The normalized spacial score (nSPS) is 11.2. The highest BCUT2D eigenvalue weighted by Crippen LogP contribution is 2.32. The second-order valence-electron chi connectivity index (χ2n) is 4.16. The molecule has 0 saturated heterocycles. The van der Waals surface area contributed by atoms with E-state index in [4.69, 9.17) is 9.15 Å². The third kappa shape index (κ3) is 1.42. The van der Waals surface area contributed by atoms with Crippen LogP contribution in [0.25, 0.3) is 22.1 Å². The zero-order chi connectivity index (χ0) is 12.7. The Bertz CT molecular complexity index is 736. The number of furan rings is 1. The van der Waals surface area contributed by atoms with Crippen molar-refractivity contribution in [2.45, 2.75) is 13.8 Å². The van der Waals surface area contributed by atoms with Gasteiger partial charge in [0.25, 0.3) is 0 Å². The van der Waals surface area contributed by atoms with Gasteiger partial charge in [-0.3, -0.25) is 0 Å². The van der Waals surface area contributed by atoms with E-state index in [2.05, 4.69) is 0 Å². The van der Waals surface area contributed by atoms with Crippen molar-refractivity contribution >= 4 is 28.2 Å². The van der Waals surface area contributed by atoms with Gasteiger partial charge in [-0.2, -0.15) is 0 Å². The first-order valence-electron chi connectivity index (χ1n) is 5.88. The minimum Gasteiger partial charge on any atom is -0.449 e. The zero-order valence-corrected chi connectivity index (χ0v) is 10.3. The Morgan fingerprint density at radius 1 is 1.39 bits per heavy atom. The summed E-state index contributed by atoms with van der Waals surface area (Å²) in [6, 6.07) is 7.75. The van der Waals surface area contributed by atoms with E-state index in [1.807, 2.05) is 31.2 Å². The van der Waals surface area contributed by atoms with E-state index in [0.29, 0.717) is 12.3 Å². The van der Waals surface area contributed by atoms with Crippen molar-refractivity contribution in [3.05, 3.63) is 36.0 Å². The van der Waals surface area contributed by atoms with Crippen molar-refractivity contribution in [2.75, 3.05) is 6.61 Å². The molecule has 0 fully saturated rings. The first kappa shape index (κ1) is 10.9. The van der Waals surface area contributed by atoms with Crippen LogP contribution in [0.3, 0.4) is 0 Å². The molecule has 0 saturated carbocycles. The average molecular weight is 243 g/mol. The van der Waals surface area contributed by atoms with Crippen LogP contribution in [0.2, 0.25) is 0 Å².